The van der Waals surface area contributed by atoms with E-state index in [-0.39, 0.29) is 0 Å². The third-order valence-electron chi connectivity index (χ3n) is 3.70. The SMILES string of the molecule is CC(C)c1ccc(NC=C2CCCCCC2=O)cc1. The molecule has 0 aliphatic heterocycles. The zero-order valence-corrected chi connectivity index (χ0v) is 11.9. The number of allylic oxidation sites excluding steroid dienone is 1. The number of carbonyl (C=O) groups excluding carboxylic acids is 1. The van der Waals surface area contributed by atoms with Crippen molar-refractivity contribution < 1.29 is 4.79 Å². The van der Waals surface area contributed by atoms with E-state index in [0.717, 1.165) is 30.5 Å². The Morgan fingerprint density at radius 2 is 1.74 bits per heavy atom. The summed E-state index contributed by atoms with van der Waals surface area (Å²) in [6.45, 7) is 4.38. The summed E-state index contributed by atoms with van der Waals surface area (Å²) in [5.74, 6) is 0.861. The lowest BCUT2D eigenvalue weighted by Crippen LogP contribution is -2.02. The molecule has 2 heteroatoms. The molecule has 2 rings (SSSR count). The molecule has 0 aromatic heterocycles. The fourth-order valence-corrected chi connectivity index (χ4v) is 2.37. The first kappa shape index (κ1) is 13.9. The average Bonchev–Trinajstić information content (AvgIpc) is 2.61. The van der Waals surface area contributed by atoms with Gasteiger partial charge in [-0.3, -0.25) is 4.79 Å². The van der Waals surface area contributed by atoms with Crippen LogP contribution in [0.25, 0.3) is 0 Å². The maximum Gasteiger partial charge on any atom is 0.160 e. The van der Waals surface area contributed by atoms with E-state index >= 15 is 0 Å². The molecule has 19 heavy (non-hydrogen) atoms. The minimum Gasteiger partial charge on any atom is -0.361 e. The minimum absolute atomic E-state index is 0.309. The summed E-state index contributed by atoms with van der Waals surface area (Å²) in [5.41, 5.74) is 3.34. The van der Waals surface area contributed by atoms with E-state index in [9.17, 15) is 4.79 Å². The fraction of sp³-hybridized carbons (Fsp3) is 0.471. The lowest BCUT2D eigenvalue weighted by Gasteiger charge is -2.08. The standard InChI is InChI=1S/C17H23NO/c1-13(2)14-8-10-16(11-9-14)18-12-15-6-4-3-5-7-17(15)19/h8-13,18H,3-7H2,1-2H3. The van der Waals surface area contributed by atoms with Gasteiger partial charge >= 0.3 is 0 Å². The number of hydrogen-bond acceptors (Lipinski definition) is 2. The summed E-state index contributed by atoms with van der Waals surface area (Å²) in [4.78, 5) is 11.9. The highest BCUT2D eigenvalue weighted by molar-refractivity contribution is 5.95. The molecule has 1 aromatic rings. The second-order valence-electron chi connectivity index (χ2n) is 5.57. The van der Waals surface area contributed by atoms with Crippen LogP contribution in [0.4, 0.5) is 5.69 Å². The van der Waals surface area contributed by atoms with Crippen molar-refractivity contribution in [3.05, 3.63) is 41.6 Å². The van der Waals surface area contributed by atoms with Crippen molar-refractivity contribution in [2.75, 3.05) is 5.32 Å². The maximum atomic E-state index is 11.9. The van der Waals surface area contributed by atoms with Crippen LogP contribution in [0.15, 0.2) is 36.0 Å². The number of benzene rings is 1. The first-order valence-electron chi connectivity index (χ1n) is 7.25. The van der Waals surface area contributed by atoms with Gasteiger partial charge in [-0.1, -0.05) is 32.4 Å². The largest absolute Gasteiger partial charge is 0.361 e. The van der Waals surface area contributed by atoms with Gasteiger partial charge in [0.15, 0.2) is 5.78 Å². The minimum atomic E-state index is 0.309. The zero-order chi connectivity index (χ0) is 13.7. The van der Waals surface area contributed by atoms with Crippen molar-refractivity contribution in [1.82, 2.24) is 0 Å². The number of carbonyl (C=O) groups is 1. The fourth-order valence-electron chi connectivity index (χ4n) is 2.37. The highest BCUT2D eigenvalue weighted by Gasteiger charge is 2.12. The molecule has 1 N–H and O–H groups in total. The molecule has 0 atom stereocenters. The summed E-state index contributed by atoms with van der Waals surface area (Å²) >= 11 is 0. The van der Waals surface area contributed by atoms with Crippen molar-refractivity contribution >= 4 is 11.5 Å². The molecule has 0 unspecified atom stereocenters. The second-order valence-corrected chi connectivity index (χ2v) is 5.57. The summed E-state index contributed by atoms with van der Waals surface area (Å²) in [6, 6.07) is 8.43. The van der Waals surface area contributed by atoms with Gasteiger partial charge in [0.25, 0.3) is 0 Å². The van der Waals surface area contributed by atoms with E-state index in [1.807, 2.05) is 6.20 Å². The third-order valence-corrected chi connectivity index (χ3v) is 3.70. The van der Waals surface area contributed by atoms with Gasteiger partial charge in [0.1, 0.15) is 0 Å². The second kappa shape index (κ2) is 6.55. The molecule has 102 valence electrons. The summed E-state index contributed by atoms with van der Waals surface area (Å²) in [6.07, 6.45) is 6.87. The van der Waals surface area contributed by atoms with Gasteiger partial charge in [-0.25, -0.2) is 0 Å². The van der Waals surface area contributed by atoms with Gasteiger partial charge in [0.2, 0.25) is 0 Å². The molecule has 0 saturated heterocycles. The highest BCUT2D eigenvalue weighted by atomic mass is 16.1. The summed E-state index contributed by atoms with van der Waals surface area (Å²) < 4.78 is 0. The molecule has 1 aliphatic carbocycles. The Morgan fingerprint density at radius 1 is 1.05 bits per heavy atom. The van der Waals surface area contributed by atoms with Gasteiger partial charge in [-0.05, 0) is 42.9 Å². The van der Waals surface area contributed by atoms with Gasteiger partial charge < -0.3 is 5.32 Å². The molecule has 0 spiro atoms. The lowest BCUT2D eigenvalue weighted by molar-refractivity contribution is -0.115. The molecule has 2 nitrogen and oxygen atoms in total. The summed E-state index contributed by atoms with van der Waals surface area (Å²) in [5, 5.41) is 3.26. The highest BCUT2D eigenvalue weighted by Crippen LogP contribution is 2.21. The smallest absolute Gasteiger partial charge is 0.160 e. The Kier molecular flexibility index (Phi) is 4.78. The van der Waals surface area contributed by atoms with Crippen LogP contribution in [-0.4, -0.2) is 5.78 Å². The van der Waals surface area contributed by atoms with Gasteiger partial charge in [0.05, 0.1) is 0 Å². The van der Waals surface area contributed by atoms with E-state index in [0.29, 0.717) is 18.1 Å². The Hall–Kier alpha value is -1.57. The quantitative estimate of drug-likeness (QED) is 0.631. The number of hydrogen-bond donors (Lipinski definition) is 1. The molecule has 1 saturated carbocycles. The lowest BCUT2D eigenvalue weighted by atomic mass is 10.0. The van der Waals surface area contributed by atoms with Gasteiger partial charge in [-0.15, -0.1) is 0 Å². The molecule has 0 amide bonds. The monoisotopic (exact) mass is 257 g/mol. The molecule has 1 fully saturated rings. The predicted molar refractivity (Wildman–Crippen MR) is 80.3 cm³/mol. The van der Waals surface area contributed by atoms with E-state index in [4.69, 9.17) is 0 Å². The Balaban J connectivity index is 2.02. The Labute approximate surface area is 115 Å². The predicted octanol–water partition coefficient (Wildman–Crippen LogP) is 4.64. The van der Waals surface area contributed by atoms with Crippen molar-refractivity contribution in [3.8, 4) is 0 Å². The number of anilines is 1. The zero-order valence-electron chi connectivity index (χ0n) is 11.9. The van der Waals surface area contributed by atoms with E-state index in [1.165, 1.54) is 12.0 Å². The number of Topliss-reactive ketones (excluding diaryl/α,β-unsaturated/α-hetero) is 1. The molecule has 0 radical (unpaired) electrons. The third kappa shape index (κ3) is 3.95. The summed E-state index contributed by atoms with van der Waals surface area (Å²) in [7, 11) is 0. The average molecular weight is 257 g/mol. The van der Waals surface area contributed by atoms with Crippen LogP contribution >= 0.6 is 0 Å². The van der Waals surface area contributed by atoms with Crippen LogP contribution in [0, 0.1) is 0 Å². The van der Waals surface area contributed by atoms with E-state index in [2.05, 4.69) is 43.4 Å². The number of nitrogens with one attached hydrogen (secondary N) is 1. The van der Waals surface area contributed by atoms with Crippen LogP contribution < -0.4 is 5.32 Å². The van der Waals surface area contributed by atoms with E-state index < -0.39 is 0 Å². The molecule has 1 aromatic carbocycles. The van der Waals surface area contributed by atoms with Crippen LogP contribution in [0.3, 0.4) is 0 Å². The Morgan fingerprint density at radius 3 is 2.42 bits per heavy atom. The number of rotatable bonds is 3. The first-order valence-corrected chi connectivity index (χ1v) is 7.25. The molecule has 1 aliphatic rings. The van der Waals surface area contributed by atoms with Crippen LogP contribution in [0.2, 0.25) is 0 Å². The van der Waals surface area contributed by atoms with Gasteiger partial charge in [-0.2, -0.15) is 0 Å². The van der Waals surface area contributed by atoms with Gasteiger partial charge in [0, 0.05) is 23.9 Å². The van der Waals surface area contributed by atoms with E-state index in [1.54, 1.807) is 0 Å². The number of ketones is 1. The van der Waals surface area contributed by atoms with Crippen molar-refractivity contribution in [3.63, 3.8) is 0 Å². The molecule has 0 bridgehead atoms. The van der Waals surface area contributed by atoms with Crippen LogP contribution in [0.5, 0.6) is 0 Å². The van der Waals surface area contributed by atoms with Crippen LogP contribution in [0.1, 0.15) is 57.4 Å². The molecular formula is C17H23NO. The topological polar surface area (TPSA) is 29.1 Å². The maximum absolute atomic E-state index is 11.9. The van der Waals surface area contributed by atoms with Crippen molar-refractivity contribution in [2.24, 2.45) is 0 Å². The normalized spacial score (nSPS) is 18.7. The molecular weight excluding hydrogens is 234 g/mol. The van der Waals surface area contributed by atoms with Crippen molar-refractivity contribution in [2.45, 2.75) is 51.9 Å². The molecule has 0 heterocycles. The first-order chi connectivity index (χ1) is 9.16. The van der Waals surface area contributed by atoms with Crippen molar-refractivity contribution in [1.29, 1.82) is 0 Å². The van der Waals surface area contributed by atoms with Crippen LogP contribution in [-0.2, 0) is 4.79 Å². The Bertz CT molecular complexity index is 457.